The Morgan fingerprint density at radius 2 is 1.95 bits per heavy atom. The van der Waals surface area contributed by atoms with E-state index in [4.69, 9.17) is 0 Å². The molecule has 1 aliphatic heterocycles. The highest BCUT2D eigenvalue weighted by molar-refractivity contribution is 4.85. The highest BCUT2D eigenvalue weighted by Crippen LogP contribution is 2.28. The lowest BCUT2D eigenvalue weighted by Crippen LogP contribution is -2.50. The SMILES string of the molecule is CCCCCC(C)(C)CN1CCC(NCC)CC1C. The number of hydrogen-bond donors (Lipinski definition) is 1. The minimum absolute atomic E-state index is 0.481. The van der Waals surface area contributed by atoms with Crippen LogP contribution in [0.4, 0.5) is 0 Å². The Hall–Kier alpha value is -0.0800. The first-order valence-electron chi connectivity index (χ1n) is 8.46. The number of piperidine rings is 1. The molecule has 19 heavy (non-hydrogen) atoms. The van der Waals surface area contributed by atoms with Crippen molar-refractivity contribution in [2.24, 2.45) is 5.41 Å². The molecule has 114 valence electrons. The van der Waals surface area contributed by atoms with Gasteiger partial charge in [0.1, 0.15) is 0 Å². The molecule has 1 fully saturated rings. The molecular weight excluding hydrogens is 232 g/mol. The number of nitrogens with one attached hydrogen (secondary N) is 1. The van der Waals surface area contributed by atoms with Gasteiger partial charge in [-0.1, -0.05) is 47.0 Å². The molecule has 1 saturated heterocycles. The number of rotatable bonds is 8. The van der Waals surface area contributed by atoms with E-state index in [0.29, 0.717) is 5.41 Å². The Labute approximate surface area is 121 Å². The second-order valence-electron chi connectivity index (χ2n) is 7.22. The Kier molecular flexibility index (Phi) is 7.38. The highest BCUT2D eigenvalue weighted by atomic mass is 15.2. The molecular formula is C17H36N2. The molecule has 1 N–H and O–H groups in total. The molecule has 1 rings (SSSR count). The van der Waals surface area contributed by atoms with Crippen molar-refractivity contribution in [1.82, 2.24) is 10.2 Å². The average Bonchev–Trinajstić information content (AvgIpc) is 2.33. The van der Waals surface area contributed by atoms with Gasteiger partial charge in [0.2, 0.25) is 0 Å². The maximum Gasteiger partial charge on any atom is 0.00939 e. The van der Waals surface area contributed by atoms with E-state index in [0.717, 1.165) is 18.6 Å². The summed E-state index contributed by atoms with van der Waals surface area (Å²) in [6.07, 6.45) is 8.14. The van der Waals surface area contributed by atoms with Gasteiger partial charge in [-0.3, -0.25) is 0 Å². The van der Waals surface area contributed by atoms with Crippen LogP contribution in [0, 0.1) is 5.41 Å². The fourth-order valence-electron chi connectivity index (χ4n) is 3.41. The summed E-state index contributed by atoms with van der Waals surface area (Å²) in [4.78, 5) is 2.72. The molecule has 1 heterocycles. The van der Waals surface area contributed by atoms with Gasteiger partial charge in [-0.2, -0.15) is 0 Å². The minimum atomic E-state index is 0.481. The summed E-state index contributed by atoms with van der Waals surface area (Å²) < 4.78 is 0. The van der Waals surface area contributed by atoms with Crippen LogP contribution in [0.3, 0.4) is 0 Å². The van der Waals surface area contributed by atoms with Crippen molar-refractivity contribution < 1.29 is 0 Å². The van der Waals surface area contributed by atoms with Crippen LogP contribution in [-0.4, -0.2) is 36.6 Å². The quantitative estimate of drug-likeness (QED) is 0.668. The van der Waals surface area contributed by atoms with Crippen molar-refractivity contribution in [2.45, 2.75) is 85.2 Å². The second kappa shape index (κ2) is 8.26. The van der Waals surface area contributed by atoms with Gasteiger partial charge in [-0.25, -0.2) is 0 Å². The first-order valence-corrected chi connectivity index (χ1v) is 8.46. The molecule has 0 aromatic carbocycles. The molecule has 1 aliphatic rings. The predicted octanol–water partition coefficient (Wildman–Crippen LogP) is 4.06. The normalized spacial score (nSPS) is 25.7. The molecule has 2 unspecified atom stereocenters. The van der Waals surface area contributed by atoms with Crippen LogP contribution >= 0.6 is 0 Å². The molecule has 0 bridgehead atoms. The first kappa shape index (κ1) is 17.0. The molecule has 2 atom stereocenters. The number of unbranched alkanes of at least 4 members (excludes halogenated alkanes) is 2. The van der Waals surface area contributed by atoms with E-state index >= 15 is 0 Å². The standard InChI is InChI=1S/C17H36N2/c1-6-8-9-11-17(4,5)14-19-12-10-16(18-7-2)13-15(19)3/h15-16,18H,6-14H2,1-5H3. The van der Waals surface area contributed by atoms with Gasteiger partial charge in [-0.05, 0) is 44.7 Å². The summed E-state index contributed by atoms with van der Waals surface area (Å²) >= 11 is 0. The van der Waals surface area contributed by atoms with Gasteiger partial charge < -0.3 is 10.2 Å². The van der Waals surface area contributed by atoms with Crippen molar-refractivity contribution in [3.05, 3.63) is 0 Å². The van der Waals surface area contributed by atoms with E-state index in [-0.39, 0.29) is 0 Å². The zero-order valence-electron chi connectivity index (χ0n) is 14.0. The smallest absolute Gasteiger partial charge is 0.00939 e. The van der Waals surface area contributed by atoms with Gasteiger partial charge >= 0.3 is 0 Å². The predicted molar refractivity (Wildman–Crippen MR) is 85.7 cm³/mol. The van der Waals surface area contributed by atoms with Crippen molar-refractivity contribution in [3.63, 3.8) is 0 Å². The fraction of sp³-hybridized carbons (Fsp3) is 1.00. The minimum Gasteiger partial charge on any atom is -0.314 e. The van der Waals surface area contributed by atoms with Crippen LogP contribution < -0.4 is 5.32 Å². The first-order chi connectivity index (χ1) is 8.98. The molecule has 2 nitrogen and oxygen atoms in total. The topological polar surface area (TPSA) is 15.3 Å². The zero-order chi connectivity index (χ0) is 14.3. The largest absolute Gasteiger partial charge is 0.314 e. The van der Waals surface area contributed by atoms with Crippen LogP contribution in [-0.2, 0) is 0 Å². The number of nitrogens with zero attached hydrogens (tertiary/aromatic N) is 1. The van der Waals surface area contributed by atoms with Crippen LogP contribution in [0.15, 0.2) is 0 Å². The lowest BCUT2D eigenvalue weighted by Gasteiger charge is -2.42. The molecule has 0 aromatic rings. The Bertz CT molecular complexity index is 237. The van der Waals surface area contributed by atoms with Gasteiger partial charge in [0.15, 0.2) is 0 Å². The van der Waals surface area contributed by atoms with E-state index in [9.17, 15) is 0 Å². The van der Waals surface area contributed by atoms with E-state index in [1.165, 1.54) is 51.6 Å². The average molecular weight is 268 g/mol. The molecule has 0 saturated carbocycles. The monoisotopic (exact) mass is 268 g/mol. The Balaban J connectivity index is 2.35. The van der Waals surface area contributed by atoms with E-state index < -0.39 is 0 Å². The number of hydrogen-bond acceptors (Lipinski definition) is 2. The molecule has 0 radical (unpaired) electrons. The van der Waals surface area contributed by atoms with Crippen molar-refractivity contribution >= 4 is 0 Å². The van der Waals surface area contributed by atoms with Gasteiger partial charge in [0.25, 0.3) is 0 Å². The van der Waals surface area contributed by atoms with Crippen LogP contribution in [0.5, 0.6) is 0 Å². The highest BCUT2D eigenvalue weighted by Gasteiger charge is 2.29. The van der Waals surface area contributed by atoms with Crippen LogP contribution in [0.2, 0.25) is 0 Å². The third-order valence-electron chi connectivity index (χ3n) is 4.59. The lowest BCUT2D eigenvalue weighted by atomic mass is 9.84. The van der Waals surface area contributed by atoms with Crippen molar-refractivity contribution in [3.8, 4) is 0 Å². The summed E-state index contributed by atoms with van der Waals surface area (Å²) in [6, 6.07) is 1.49. The molecule has 2 heteroatoms. The maximum atomic E-state index is 3.61. The van der Waals surface area contributed by atoms with Crippen molar-refractivity contribution in [1.29, 1.82) is 0 Å². The van der Waals surface area contributed by atoms with Crippen molar-refractivity contribution in [2.75, 3.05) is 19.6 Å². The summed E-state index contributed by atoms with van der Waals surface area (Å²) in [5, 5.41) is 3.61. The number of likely N-dealkylation sites (tertiary alicyclic amines) is 1. The zero-order valence-corrected chi connectivity index (χ0v) is 14.0. The summed E-state index contributed by atoms with van der Waals surface area (Å²) in [5.74, 6) is 0. The maximum absolute atomic E-state index is 3.61. The van der Waals surface area contributed by atoms with Crippen LogP contribution in [0.25, 0.3) is 0 Å². The molecule has 0 aliphatic carbocycles. The van der Waals surface area contributed by atoms with E-state index in [1.807, 2.05) is 0 Å². The fourth-order valence-corrected chi connectivity index (χ4v) is 3.41. The summed E-state index contributed by atoms with van der Waals surface area (Å²) in [5.41, 5.74) is 0.481. The van der Waals surface area contributed by atoms with Crippen LogP contribution in [0.1, 0.15) is 73.1 Å². The summed E-state index contributed by atoms with van der Waals surface area (Å²) in [7, 11) is 0. The van der Waals surface area contributed by atoms with E-state index in [1.54, 1.807) is 0 Å². The third-order valence-corrected chi connectivity index (χ3v) is 4.59. The second-order valence-corrected chi connectivity index (χ2v) is 7.22. The van der Waals surface area contributed by atoms with Gasteiger partial charge in [0, 0.05) is 18.6 Å². The van der Waals surface area contributed by atoms with Gasteiger partial charge in [-0.15, -0.1) is 0 Å². The Morgan fingerprint density at radius 3 is 2.53 bits per heavy atom. The molecule has 0 spiro atoms. The molecule has 0 aromatic heterocycles. The lowest BCUT2D eigenvalue weighted by molar-refractivity contribution is 0.0851. The summed E-state index contributed by atoms with van der Waals surface area (Å²) in [6.45, 7) is 15.5. The van der Waals surface area contributed by atoms with Gasteiger partial charge in [0.05, 0.1) is 0 Å². The third kappa shape index (κ3) is 6.27. The Morgan fingerprint density at radius 1 is 1.21 bits per heavy atom. The molecule has 0 amide bonds. The van der Waals surface area contributed by atoms with E-state index in [2.05, 4.69) is 44.8 Å².